The Kier molecular flexibility index (Phi) is 6.23. The van der Waals surface area contributed by atoms with Crippen molar-refractivity contribution in [1.82, 2.24) is 4.98 Å². The molecule has 0 saturated heterocycles. The molecule has 0 aliphatic carbocycles. The number of rotatable bonds is 6. The SMILES string of the molecule is CCC(CC)C(=O)C1(N=C(C)N)CC(C)(C)Oc2ccc(-c3cncc(Cl)c3)cc21. The highest BCUT2D eigenvalue weighted by Gasteiger charge is 2.51. The standard InChI is InChI=1S/C24H30ClN3O2/c1-6-16(7-2)22(29)24(28-15(3)26)14-23(4,5)30-21-9-8-17(11-20(21)24)18-10-19(25)13-27-12-18/h8-13,16H,6-7,14H2,1-5H3,(H2,26,28). The van der Waals surface area contributed by atoms with E-state index in [1.165, 1.54) is 0 Å². The molecule has 6 heteroatoms. The molecule has 1 aliphatic rings. The van der Waals surface area contributed by atoms with Crippen LogP contribution in [0.25, 0.3) is 11.1 Å². The fourth-order valence-corrected chi connectivity index (χ4v) is 4.58. The molecule has 2 heterocycles. The van der Waals surface area contributed by atoms with Crippen LogP contribution in [0.15, 0.2) is 41.7 Å². The first kappa shape index (κ1) is 22.3. The lowest BCUT2D eigenvalue weighted by atomic mass is 9.70. The molecule has 0 bridgehead atoms. The largest absolute Gasteiger partial charge is 0.487 e. The Morgan fingerprint density at radius 2 is 1.93 bits per heavy atom. The number of carbonyl (C=O) groups is 1. The lowest BCUT2D eigenvalue weighted by Crippen LogP contribution is -2.50. The van der Waals surface area contributed by atoms with Gasteiger partial charge in [0.05, 0.1) is 10.9 Å². The summed E-state index contributed by atoms with van der Waals surface area (Å²) in [5.74, 6) is 1.03. The maximum atomic E-state index is 13.9. The number of ketones is 1. The zero-order chi connectivity index (χ0) is 22.1. The van der Waals surface area contributed by atoms with Crippen molar-refractivity contribution in [2.45, 2.75) is 65.0 Å². The molecule has 1 aromatic carbocycles. The van der Waals surface area contributed by atoms with Crippen LogP contribution >= 0.6 is 11.6 Å². The third kappa shape index (κ3) is 4.22. The Balaban J connectivity index is 2.29. The minimum absolute atomic E-state index is 0.0938. The normalized spacial score (nSPS) is 20.6. The van der Waals surface area contributed by atoms with Gasteiger partial charge in [-0.1, -0.05) is 31.5 Å². The van der Waals surface area contributed by atoms with Crippen LogP contribution in [-0.4, -0.2) is 22.2 Å². The second-order valence-corrected chi connectivity index (χ2v) is 9.07. The predicted octanol–water partition coefficient (Wildman–Crippen LogP) is 5.54. The van der Waals surface area contributed by atoms with Gasteiger partial charge >= 0.3 is 0 Å². The number of Topliss-reactive ketones (excluding diaryl/α,β-unsaturated/α-hetero) is 1. The highest BCUT2D eigenvalue weighted by molar-refractivity contribution is 6.30. The van der Waals surface area contributed by atoms with E-state index in [0.29, 0.717) is 23.0 Å². The molecule has 160 valence electrons. The summed E-state index contributed by atoms with van der Waals surface area (Å²) >= 11 is 6.15. The molecule has 2 N–H and O–H groups in total. The number of halogens is 1. The fourth-order valence-electron chi connectivity index (χ4n) is 4.41. The number of carbonyl (C=O) groups excluding carboxylic acids is 1. The molecule has 2 aromatic rings. The molecule has 0 spiro atoms. The van der Waals surface area contributed by atoms with Crippen molar-refractivity contribution in [3.8, 4) is 16.9 Å². The molecule has 5 nitrogen and oxygen atoms in total. The van der Waals surface area contributed by atoms with E-state index in [-0.39, 0.29) is 11.7 Å². The lowest BCUT2D eigenvalue weighted by Gasteiger charge is -2.44. The molecule has 1 aliphatic heterocycles. The van der Waals surface area contributed by atoms with Gasteiger partial charge in [-0.05, 0) is 57.4 Å². The van der Waals surface area contributed by atoms with Gasteiger partial charge in [-0.2, -0.15) is 0 Å². The number of nitrogens with two attached hydrogens (primary N) is 1. The Morgan fingerprint density at radius 3 is 2.53 bits per heavy atom. The molecule has 0 amide bonds. The summed E-state index contributed by atoms with van der Waals surface area (Å²) in [6, 6.07) is 7.69. The Labute approximate surface area is 183 Å². The van der Waals surface area contributed by atoms with Gasteiger partial charge in [0.25, 0.3) is 0 Å². The summed E-state index contributed by atoms with van der Waals surface area (Å²) in [6.45, 7) is 9.79. The topological polar surface area (TPSA) is 77.6 Å². The van der Waals surface area contributed by atoms with Crippen molar-refractivity contribution in [1.29, 1.82) is 0 Å². The third-order valence-corrected chi connectivity index (χ3v) is 5.87. The van der Waals surface area contributed by atoms with Crippen LogP contribution in [0.1, 0.15) is 59.4 Å². The van der Waals surface area contributed by atoms with Gasteiger partial charge in [-0.3, -0.25) is 14.8 Å². The summed E-state index contributed by atoms with van der Waals surface area (Å²) in [4.78, 5) is 22.9. The monoisotopic (exact) mass is 427 g/mol. The molecule has 0 radical (unpaired) electrons. The smallest absolute Gasteiger partial charge is 0.168 e. The molecule has 0 fully saturated rings. The van der Waals surface area contributed by atoms with Crippen LogP contribution in [0.3, 0.4) is 0 Å². The second-order valence-electron chi connectivity index (χ2n) is 8.63. The summed E-state index contributed by atoms with van der Waals surface area (Å²) in [5.41, 5.74) is 6.94. The Morgan fingerprint density at radius 1 is 1.23 bits per heavy atom. The van der Waals surface area contributed by atoms with Gasteiger partial charge in [0.15, 0.2) is 11.3 Å². The van der Waals surface area contributed by atoms with E-state index in [4.69, 9.17) is 27.1 Å². The van der Waals surface area contributed by atoms with Gasteiger partial charge in [0, 0.05) is 35.9 Å². The molecule has 3 rings (SSSR count). The molecular weight excluding hydrogens is 398 g/mol. The fraction of sp³-hybridized carbons (Fsp3) is 0.458. The van der Waals surface area contributed by atoms with E-state index in [1.54, 1.807) is 19.3 Å². The number of hydrogen-bond acceptors (Lipinski definition) is 4. The van der Waals surface area contributed by atoms with Crippen molar-refractivity contribution in [2.24, 2.45) is 16.6 Å². The maximum Gasteiger partial charge on any atom is 0.168 e. The number of aromatic nitrogens is 1. The van der Waals surface area contributed by atoms with E-state index >= 15 is 0 Å². The van der Waals surface area contributed by atoms with Gasteiger partial charge in [-0.25, -0.2) is 0 Å². The van der Waals surface area contributed by atoms with E-state index in [2.05, 4.69) is 4.98 Å². The zero-order valence-electron chi connectivity index (χ0n) is 18.3. The number of ether oxygens (including phenoxy) is 1. The Hall–Kier alpha value is -2.40. The molecular formula is C24H30ClN3O2. The van der Waals surface area contributed by atoms with E-state index in [0.717, 1.165) is 29.5 Å². The quantitative estimate of drug-likeness (QED) is 0.484. The summed E-state index contributed by atoms with van der Waals surface area (Å²) in [6.07, 6.45) is 5.28. The van der Waals surface area contributed by atoms with E-state index in [1.807, 2.05) is 52.0 Å². The molecule has 0 saturated carbocycles. The number of nitrogens with zero attached hydrogens (tertiary/aromatic N) is 2. The lowest BCUT2D eigenvalue weighted by molar-refractivity contribution is -0.131. The summed E-state index contributed by atoms with van der Waals surface area (Å²) < 4.78 is 6.26. The first-order valence-electron chi connectivity index (χ1n) is 10.4. The van der Waals surface area contributed by atoms with Crippen molar-refractivity contribution in [3.05, 3.63) is 47.2 Å². The first-order chi connectivity index (χ1) is 14.1. The second kappa shape index (κ2) is 8.38. The van der Waals surface area contributed by atoms with Crippen LogP contribution in [0.2, 0.25) is 5.02 Å². The van der Waals surface area contributed by atoms with Gasteiger partial charge in [0.2, 0.25) is 0 Å². The van der Waals surface area contributed by atoms with Crippen LogP contribution in [0.5, 0.6) is 5.75 Å². The maximum absolute atomic E-state index is 13.9. The van der Waals surface area contributed by atoms with E-state index < -0.39 is 11.1 Å². The molecule has 30 heavy (non-hydrogen) atoms. The molecule has 1 aromatic heterocycles. The van der Waals surface area contributed by atoms with Gasteiger partial charge in [0.1, 0.15) is 11.4 Å². The van der Waals surface area contributed by atoms with E-state index in [9.17, 15) is 4.79 Å². The van der Waals surface area contributed by atoms with Crippen molar-refractivity contribution in [3.63, 3.8) is 0 Å². The average Bonchev–Trinajstić information content (AvgIpc) is 2.67. The third-order valence-electron chi connectivity index (χ3n) is 5.66. The zero-order valence-corrected chi connectivity index (χ0v) is 19.1. The average molecular weight is 428 g/mol. The van der Waals surface area contributed by atoms with Crippen molar-refractivity contribution >= 4 is 23.2 Å². The van der Waals surface area contributed by atoms with Gasteiger partial charge in [-0.15, -0.1) is 0 Å². The minimum atomic E-state index is -1.09. The van der Waals surface area contributed by atoms with Crippen molar-refractivity contribution in [2.75, 3.05) is 0 Å². The summed E-state index contributed by atoms with van der Waals surface area (Å²) in [7, 11) is 0. The van der Waals surface area contributed by atoms with Crippen LogP contribution < -0.4 is 10.5 Å². The predicted molar refractivity (Wildman–Crippen MR) is 122 cm³/mol. The summed E-state index contributed by atoms with van der Waals surface area (Å²) in [5, 5.41) is 0.554. The number of hydrogen-bond donors (Lipinski definition) is 1. The highest BCUT2D eigenvalue weighted by Crippen LogP contribution is 2.49. The van der Waals surface area contributed by atoms with Crippen LogP contribution in [0.4, 0.5) is 0 Å². The van der Waals surface area contributed by atoms with Crippen LogP contribution in [0, 0.1) is 5.92 Å². The first-order valence-corrected chi connectivity index (χ1v) is 10.8. The Bertz CT molecular complexity index is 978. The number of fused-ring (bicyclic) bond motifs is 1. The number of aliphatic imine (C=N–C) groups is 1. The number of pyridine rings is 1. The minimum Gasteiger partial charge on any atom is -0.487 e. The molecule has 1 unspecified atom stereocenters. The highest BCUT2D eigenvalue weighted by atomic mass is 35.5. The van der Waals surface area contributed by atoms with Crippen LogP contribution in [-0.2, 0) is 10.3 Å². The van der Waals surface area contributed by atoms with Gasteiger partial charge < -0.3 is 10.5 Å². The number of benzene rings is 1. The van der Waals surface area contributed by atoms with Crippen molar-refractivity contribution < 1.29 is 9.53 Å². The number of amidine groups is 1. The molecule has 1 atom stereocenters.